The Morgan fingerprint density at radius 2 is 2.05 bits per heavy atom. The molecule has 0 aliphatic carbocycles. The van der Waals surface area contributed by atoms with Crippen molar-refractivity contribution in [2.24, 2.45) is 5.92 Å². The Bertz CT molecular complexity index is 442. The van der Waals surface area contributed by atoms with Gasteiger partial charge in [-0.25, -0.2) is 0 Å². The minimum absolute atomic E-state index is 0.512. The molecule has 2 atom stereocenters. The third-order valence-electron chi connectivity index (χ3n) is 3.85. The summed E-state index contributed by atoms with van der Waals surface area (Å²) in [5, 5.41) is 1.05. The normalized spacial score (nSPS) is 22.2. The van der Waals surface area contributed by atoms with Crippen molar-refractivity contribution >= 4 is 23.2 Å². The minimum atomic E-state index is 0.512. The predicted octanol–water partition coefficient (Wildman–Crippen LogP) is 2.70. The molecule has 0 bridgehead atoms. The summed E-state index contributed by atoms with van der Waals surface area (Å²) in [6.45, 7) is 7.93. The Morgan fingerprint density at radius 1 is 1.19 bits per heavy atom. The van der Waals surface area contributed by atoms with Crippen LogP contribution in [-0.4, -0.2) is 39.5 Å². The van der Waals surface area contributed by atoms with Gasteiger partial charge in [0.15, 0.2) is 0 Å². The SMILES string of the molecule is C[C@@H]1CCC[NH+](CCOCCOc2ccc(Cl)c(Cl)c2)C1. The first-order valence-electron chi connectivity index (χ1n) is 7.64. The second kappa shape index (κ2) is 8.84. The topological polar surface area (TPSA) is 22.9 Å². The van der Waals surface area contributed by atoms with Crippen LogP contribution in [0.1, 0.15) is 19.8 Å². The molecular formula is C16H24Cl2NO2+. The van der Waals surface area contributed by atoms with Gasteiger partial charge in [0.1, 0.15) is 18.9 Å². The summed E-state index contributed by atoms with van der Waals surface area (Å²) in [6, 6.07) is 5.28. The van der Waals surface area contributed by atoms with Gasteiger partial charge in [0, 0.05) is 12.0 Å². The molecule has 1 aliphatic rings. The molecule has 0 aromatic heterocycles. The number of rotatable bonds is 7. The number of hydrogen-bond acceptors (Lipinski definition) is 2. The van der Waals surface area contributed by atoms with Crippen molar-refractivity contribution in [3.63, 3.8) is 0 Å². The van der Waals surface area contributed by atoms with E-state index in [1.54, 1.807) is 17.0 Å². The molecule has 1 N–H and O–H groups in total. The van der Waals surface area contributed by atoms with Crippen molar-refractivity contribution in [1.82, 2.24) is 0 Å². The summed E-state index contributed by atoms with van der Waals surface area (Å²) in [6.07, 6.45) is 2.72. The van der Waals surface area contributed by atoms with Crippen molar-refractivity contribution in [1.29, 1.82) is 0 Å². The molecule has 21 heavy (non-hydrogen) atoms. The number of nitrogens with one attached hydrogen (secondary N) is 1. The number of quaternary nitrogens is 1. The zero-order chi connectivity index (χ0) is 15.1. The van der Waals surface area contributed by atoms with E-state index in [2.05, 4.69) is 6.92 Å². The number of likely N-dealkylation sites (tertiary alicyclic amines) is 1. The average Bonchev–Trinajstić information content (AvgIpc) is 2.46. The van der Waals surface area contributed by atoms with Crippen LogP contribution in [0.25, 0.3) is 0 Å². The van der Waals surface area contributed by atoms with Crippen LogP contribution in [0.15, 0.2) is 18.2 Å². The highest BCUT2D eigenvalue weighted by atomic mass is 35.5. The highest BCUT2D eigenvalue weighted by Gasteiger charge is 2.18. The lowest BCUT2D eigenvalue weighted by atomic mass is 10.0. The van der Waals surface area contributed by atoms with Gasteiger partial charge < -0.3 is 14.4 Å². The van der Waals surface area contributed by atoms with E-state index in [1.165, 1.54) is 25.9 Å². The van der Waals surface area contributed by atoms with Gasteiger partial charge in [-0.3, -0.25) is 0 Å². The smallest absolute Gasteiger partial charge is 0.121 e. The van der Waals surface area contributed by atoms with E-state index >= 15 is 0 Å². The fourth-order valence-electron chi connectivity index (χ4n) is 2.73. The van der Waals surface area contributed by atoms with Gasteiger partial charge in [-0.2, -0.15) is 0 Å². The summed E-state index contributed by atoms with van der Waals surface area (Å²) in [4.78, 5) is 1.67. The van der Waals surface area contributed by atoms with Crippen molar-refractivity contribution in [3.05, 3.63) is 28.2 Å². The third-order valence-corrected chi connectivity index (χ3v) is 4.59. The predicted molar refractivity (Wildman–Crippen MR) is 86.7 cm³/mol. The summed E-state index contributed by atoms with van der Waals surface area (Å²) in [5.74, 6) is 1.58. The fourth-order valence-corrected chi connectivity index (χ4v) is 3.02. The van der Waals surface area contributed by atoms with Gasteiger partial charge in [-0.05, 0) is 25.0 Å². The molecule has 0 saturated carbocycles. The molecule has 0 radical (unpaired) electrons. The highest BCUT2D eigenvalue weighted by Crippen LogP contribution is 2.26. The first kappa shape index (κ1) is 16.9. The van der Waals surface area contributed by atoms with Gasteiger partial charge in [0.05, 0.1) is 36.3 Å². The Balaban J connectivity index is 1.54. The Morgan fingerprint density at radius 3 is 2.81 bits per heavy atom. The lowest BCUT2D eigenvalue weighted by molar-refractivity contribution is -0.908. The first-order chi connectivity index (χ1) is 10.1. The van der Waals surface area contributed by atoms with Crippen LogP contribution in [0, 0.1) is 5.92 Å². The van der Waals surface area contributed by atoms with Gasteiger partial charge in [-0.1, -0.05) is 30.1 Å². The summed E-state index contributed by atoms with van der Waals surface area (Å²) >= 11 is 11.8. The van der Waals surface area contributed by atoms with Crippen molar-refractivity contribution in [2.75, 3.05) is 39.5 Å². The van der Waals surface area contributed by atoms with Crippen molar-refractivity contribution in [3.8, 4) is 5.75 Å². The maximum absolute atomic E-state index is 5.93. The molecule has 1 saturated heterocycles. The van der Waals surface area contributed by atoms with E-state index in [0.29, 0.717) is 23.3 Å². The summed E-state index contributed by atoms with van der Waals surface area (Å²) in [7, 11) is 0. The summed E-state index contributed by atoms with van der Waals surface area (Å²) < 4.78 is 11.2. The number of benzene rings is 1. The molecule has 118 valence electrons. The van der Waals surface area contributed by atoms with Crippen LogP contribution in [0.3, 0.4) is 0 Å². The highest BCUT2D eigenvalue weighted by molar-refractivity contribution is 6.42. The monoisotopic (exact) mass is 332 g/mol. The maximum atomic E-state index is 5.93. The molecule has 1 heterocycles. The number of ether oxygens (including phenoxy) is 2. The lowest BCUT2D eigenvalue weighted by Crippen LogP contribution is -3.14. The van der Waals surface area contributed by atoms with E-state index in [0.717, 1.165) is 24.8 Å². The maximum Gasteiger partial charge on any atom is 0.121 e. The van der Waals surface area contributed by atoms with E-state index in [1.807, 2.05) is 6.07 Å². The molecule has 0 amide bonds. The Hall–Kier alpha value is -0.480. The van der Waals surface area contributed by atoms with Crippen LogP contribution in [0.4, 0.5) is 0 Å². The van der Waals surface area contributed by atoms with Crippen LogP contribution in [-0.2, 0) is 4.74 Å². The largest absolute Gasteiger partial charge is 0.491 e. The van der Waals surface area contributed by atoms with Crippen LogP contribution in [0.2, 0.25) is 10.0 Å². The molecule has 5 heteroatoms. The van der Waals surface area contributed by atoms with Gasteiger partial charge in [0.2, 0.25) is 0 Å². The van der Waals surface area contributed by atoms with Gasteiger partial charge in [-0.15, -0.1) is 0 Å². The fraction of sp³-hybridized carbons (Fsp3) is 0.625. The first-order valence-corrected chi connectivity index (χ1v) is 8.40. The van der Waals surface area contributed by atoms with Crippen molar-refractivity contribution in [2.45, 2.75) is 19.8 Å². The molecule has 2 rings (SSSR count). The Labute approximate surface area is 137 Å². The zero-order valence-corrected chi connectivity index (χ0v) is 14.1. The second-order valence-corrected chi connectivity index (χ2v) is 6.55. The molecule has 1 aliphatic heterocycles. The van der Waals surface area contributed by atoms with Gasteiger partial charge >= 0.3 is 0 Å². The number of piperidine rings is 1. The molecule has 1 aromatic carbocycles. The molecule has 1 unspecified atom stereocenters. The molecule has 0 spiro atoms. The van der Waals surface area contributed by atoms with Crippen molar-refractivity contribution < 1.29 is 14.4 Å². The van der Waals surface area contributed by atoms with Gasteiger partial charge in [0.25, 0.3) is 0 Å². The van der Waals surface area contributed by atoms with E-state index in [9.17, 15) is 0 Å². The van der Waals surface area contributed by atoms with Crippen LogP contribution in [0.5, 0.6) is 5.75 Å². The third kappa shape index (κ3) is 6.03. The van der Waals surface area contributed by atoms with E-state index < -0.39 is 0 Å². The number of halogens is 2. The molecule has 1 aromatic rings. The van der Waals surface area contributed by atoms with E-state index in [-0.39, 0.29) is 0 Å². The minimum Gasteiger partial charge on any atom is -0.491 e. The number of hydrogen-bond donors (Lipinski definition) is 1. The van der Waals surface area contributed by atoms with Crippen LogP contribution < -0.4 is 9.64 Å². The Kier molecular flexibility index (Phi) is 7.11. The lowest BCUT2D eigenvalue weighted by Gasteiger charge is -2.27. The van der Waals surface area contributed by atoms with Crippen LogP contribution >= 0.6 is 23.2 Å². The second-order valence-electron chi connectivity index (χ2n) is 5.74. The quantitative estimate of drug-likeness (QED) is 0.776. The molecular weight excluding hydrogens is 309 g/mol. The average molecular weight is 333 g/mol. The molecule has 1 fully saturated rings. The molecule has 3 nitrogen and oxygen atoms in total. The standard InChI is InChI=1S/C16H23Cl2NO2/c1-13-3-2-6-19(12-13)7-8-20-9-10-21-14-4-5-15(17)16(18)11-14/h4-5,11,13H,2-3,6-10,12H2,1H3/p+1/t13-/m1/s1. The zero-order valence-electron chi connectivity index (χ0n) is 12.5. The summed E-state index contributed by atoms with van der Waals surface area (Å²) in [5.41, 5.74) is 0. The van der Waals surface area contributed by atoms with E-state index in [4.69, 9.17) is 32.7 Å².